The molecule has 0 saturated carbocycles. The van der Waals surface area contributed by atoms with Crippen LogP contribution in [0.15, 0.2) is 54.0 Å². The van der Waals surface area contributed by atoms with Gasteiger partial charge in [-0.1, -0.05) is 17.7 Å². The van der Waals surface area contributed by atoms with E-state index in [0.717, 1.165) is 5.82 Å². The topological polar surface area (TPSA) is 113 Å². The summed E-state index contributed by atoms with van der Waals surface area (Å²) in [5, 5.41) is 18.4. The van der Waals surface area contributed by atoms with Gasteiger partial charge in [-0.3, -0.25) is 10.1 Å². The van der Waals surface area contributed by atoms with Crippen molar-refractivity contribution in [3.63, 3.8) is 0 Å². The molecular formula is C22H23ClN8O3. The first kappa shape index (κ1) is 23.2. The number of ether oxygens (including phenoxy) is 1. The molecule has 0 aliphatic carbocycles. The van der Waals surface area contributed by atoms with Crippen LogP contribution < -0.4 is 14.5 Å². The smallest absolute Gasteiger partial charge is 0.373 e. The molecule has 176 valence electrons. The summed E-state index contributed by atoms with van der Waals surface area (Å²) in [6.45, 7) is 2.37. The molecule has 1 aliphatic rings. The fourth-order valence-electron chi connectivity index (χ4n) is 3.50. The van der Waals surface area contributed by atoms with E-state index in [-0.39, 0.29) is 17.4 Å². The number of hydrogen-bond donors (Lipinski definition) is 0. The first-order valence-electron chi connectivity index (χ1n) is 10.5. The minimum absolute atomic E-state index is 0.149. The van der Waals surface area contributed by atoms with Gasteiger partial charge in [0, 0.05) is 57.1 Å². The Kier molecular flexibility index (Phi) is 7.02. The lowest BCUT2D eigenvalue weighted by Gasteiger charge is -2.35. The molecule has 0 spiro atoms. The van der Waals surface area contributed by atoms with Crippen molar-refractivity contribution in [1.29, 1.82) is 0 Å². The Hall–Kier alpha value is -3.99. The summed E-state index contributed by atoms with van der Waals surface area (Å²) in [5.74, 6) is 1.28. The van der Waals surface area contributed by atoms with Crippen LogP contribution in [0.5, 0.6) is 11.6 Å². The fraction of sp³-hybridized carbons (Fsp3) is 0.273. The van der Waals surface area contributed by atoms with Gasteiger partial charge in [0.2, 0.25) is 5.82 Å². The van der Waals surface area contributed by atoms with Crippen molar-refractivity contribution >= 4 is 35.1 Å². The molecule has 12 heteroatoms. The van der Waals surface area contributed by atoms with Gasteiger partial charge in [0.1, 0.15) is 17.9 Å². The molecular weight excluding hydrogens is 460 g/mol. The van der Waals surface area contributed by atoms with Gasteiger partial charge in [0.15, 0.2) is 0 Å². The maximum atomic E-state index is 12.1. The number of nitro groups is 1. The van der Waals surface area contributed by atoms with E-state index >= 15 is 0 Å². The normalized spacial score (nSPS) is 13.9. The lowest BCUT2D eigenvalue weighted by Crippen LogP contribution is -2.47. The second kappa shape index (κ2) is 10.3. The summed E-state index contributed by atoms with van der Waals surface area (Å²) in [4.78, 5) is 28.2. The second-order valence-electron chi connectivity index (χ2n) is 7.65. The lowest BCUT2D eigenvalue weighted by atomic mass is 10.2. The predicted molar refractivity (Wildman–Crippen MR) is 130 cm³/mol. The fourth-order valence-corrected chi connectivity index (χ4v) is 3.68. The zero-order valence-electron chi connectivity index (χ0n) is 18.7. The quantitative estimate of drug-likeness (QED) is 0.284. The van der Waals surface area contributed by atoms with E-state index in [1.807, 2.05) is 23.1 Å². The molecule has 11 nitrogen and oxygen atoms in total. The van der Waals surface area contributed by atoms with Crippen LogP contribution in [0.25, 0.3) is 0 Å². The highest BCUT2D eigenvalue weighted by Gasteiger charge is 2.31. The zero-order chi connectivity index (χ0) is 24.1. The van der Waals surface area contributed by atoms with Crippen molar-refractivity contribution in [3.8, 4) is 11.6 Å². The van der Waals surface area contributed by atoms with Crippen LogP contribution in [0.4, 0.5) is 17.3 Å². The lowest BCUT2D eigenvalue weighted by molar-refractivity contribution is -0.385. The summed E-state index contributed by atoms with van der Waals surface area (Å²) in [6, 6.07) is 10.7. The molecule has 1 aliphatic heterocycles. The van der Waals surface area contributed by atoms with Crippen molar-refractivity contribution in [2.45, 2.75) is 0 Å². The summed E-state index contributed by atoms with van der Waals surface area (Å²) in [5.41, 5.74) is 0.263. The first-order chi connectivity index (χ1) is 16.4. The van der Waals surface area contributed by atoms with E-state index < -0.39 is 4.92 Å². The van der Waals surface area contributed by atoms with E-state index in [0.29, 0.717) is 42.5 Å². The molecule has 3 heterocycles. The minimum atomic E-state index is -0.515. The maximum Gasteiger partial charge on any atom is 0.373 e. The molecule has 0 amide bonds. The van der Waals surface area contributed by atoms with Crippen molar-refractivity contribution in [2.75, 3.05) is 50.1 Å². The van der Waals surface area contributed by atoms with Gasteiger partial charge in [-0.2, -0.15) is 10.1 Å². The van der Waals surface area contributed by atoms with Crippen LogP contribution in [0.1, 0.15) is 5.56 Å². The molecule has 0 unspecified atom stereocenters. The Labute approximate surface area is 201 Å². The van der Waals surface area contributed by atoms with Gasteiger partial charge in [-0.15, -0.1) is 0 Å². The summed E-state index contributed by atoms with van der Waals surface area (Å²) in [7, 11) is 3.55. The third-order valence-electron chi connectivity index (χ3n) is 5.11. The molecule has 0 atom stereocenters. The van der Waals surface area contributed by atoms with Crippen LogP contribution in [-0.2, 0) is 0 Å². The number of halogens is 1. The largest absolute Gasteiger partial charge is 0.433 e. The van der Waals surface area contributed by atoms with E-state index in [2.05, 4.69) is 25.0 Å². The van der Waals surface area contributed by atoms with E-state index in [4.69, 9.17) is 16.3 Å². The molecule has 1 aromatic carbocycles. The SMILES string of the molecule is CN(C)N=Cc1cc(Cl)ccc1Oc1ncnc(N2CCN(c3ccccn3)CC2)c1[N+](=O)[O-]. The third-order valence-corrected chi connectivity index (χ3v) is 5.35. The maximum absolute atomic E-state index is 12.1. The summed E-state index contributed by atoms with van der Waals surface area (Å²) >= 11 is 6.12. The standard InChI is InChI=1S/C22H23ClN8O3/c1-28(2)27-14-16-13-17(23)6-7-18(16)34-22-20(31(32)33)21(25-15-26-22)30-11-9-29(10-12-30)19-5-3-4-8-24-19/h3-8,13-15H,9-12H2,1-2H3. The Morgan fingerprint density at radius 1 is 1.12 bits per heavy atom. The van der Waals surface area contributed by atoms with Crippen molar-refractivity contribution < 1.29 is 9.66 Å². The minimum Gasteiger partial charge on any atom is -0.433 e. The van der Waals surface area contributed by atoms with Crippen LogP contribution in [0.3, 0.4) is 0 Å². The van der Waals surface area contributed by atoms with E-state index in [1.165, 1.54) is 6.33 Å². The molecule has 0 bridgehead atoms. The highest BCUT2D eigenvalue weighted by atomic mass is 35.5. The van der Waals surface area contributed by atoms with Gasteiger partial charge in [-0.25, -0.2) is 9.97 Å². The van der Waals surface area contributed by atoms with Gasteiger partial charge >= 0.3 is 11.6 Å². The number of benzene rings is 1. The van der Waals surface area contributed by atoms with E-state index in [9.17, 15) is 10.1 Å². The summed E-state index contributed by atoms with van der Waals surface area (Å²) in [6.07, 6.45) is 4.58. The monoisotopic (exact) mass is 482 g/mol. The Bertz CT molecular complexity index is 1180. The molecule has 3 aromatic rings. The van der Waals surface area contributed by atoms with Crippen molar-refractivity contribution in [3.05, 3.63) is 69.6 Å². The Balaban J connectivity index is 1.60. The molecule has 2 aromatic heterocycles. The van der Waals surface area contributed by atoms with Gasteiger partial charge in [-0.05, 0) is 30.3 Å². The Morgan fingerprint density at radius 2 is 1.88 bits per heavy atom. The van der Waals surface area contributed by atoms with E-state index in [1.54, 1.807) is 49.7 Å². The highest BCUT2D eigenvalue weighted by molar-refractivity contribution is 6.30. The number of anilines is 2. The average molecular weight is 483 g/mol. The molecule has 4 rings (SSSR count). The molecule has 0 radical (unpaired) electrons. The molecule has 34 heavy (non-hydrogen) atoms. The van der Waals surface area contributed by atoms with Gasteiger partial charge < -0.3 is 19.5 Å². The highest BCUT2D eigenvalue weighted by Crippen LogP contribution is 2.37. The zero-order valence-corrected chi connectivity index (χ0v) is 19.5. The number of piperazine rings is 1. The van der Waals surface area contributed by atoms with Gasteiger partial charge in [0.25, 0.3) is 0 Å². The number of hydrazone groups is 1. The second-order valence-corrected chi connectivity index (χ2v) is 8.08. The first-order valence-corrected chi connectivity index (χ1v) is 10.9. The third kappa shape index (κ3) is 5.31. The Morgan fingerprint density at radius 3 is 2.56 bits per heavy atom. The number of hydrogen-bond acceptors (Lipinski definition) is 10. The number of rotatable bonds is 7. The molecule has 1 fully saturated rings. The average Bonchev–Trinajstić information content (AvgIpc) is 2.84. The molecule has 1 saturated heterocycles. The van der Waals surface area contributed by atoms with Crippen molar-refractivity contribution in [1.82, 2.24) is 20.0 Å². The van der Waals surface area contributed by atoms with Crippen LogP contribution >= 0.6 is 11.6 Å². The van der Waals surface area contributed by atoms with Crippen LogP contribution in [-0.4, -0.2) is 71.4 Å². The predicted octanol–water partition coefficient (Wildman–Crippen LogP) is 3.45. The summed E-state index contributed by atoms with van der Waals surface area (Å²) < 4.78 is 5.90. The van der Waals surface area contributed by atoms with Crippen LogP contribution in [0.2, 0.25) is 5.02 Å². The molecule has 0 N–H and O–H groups in total. The number of pyridine rings is 1. The number of aromatic nitrogens is 3. The van der Waals surface area contributed by atoms with Gasteiger partial charge in [0.05, 0.1) is 11.1 Å². The van der Waals surface area contributed by atoms with Crippen LogP contribution in [0, 0.1) is 10.1 Å². The number of nitrogens with zero attached hydrogens (tertiary/aromatic N) is 8. The van der Waals surface area contributed by atoms with Crippen molar-refractivity contribution in [2.24, 2.45) is 5.10 Å².